The highest BCUT2D eigenvalue weighted by atomic mass is 16.5. The minimum atomic E-state index is 0.250. The van der Waals surface area contributed by atoms with Gasteiger partial charge in [0.25, 0.3) is 0 Å². The number of rotatable bonds is 1. The van der Waals surface area contributed by atoms with Crippen molar-refractivity contribution < 1.29 is 4.74 Å². The monoisotopic (exact) mass is 202 g/mol. The van der Waals surface area contributed by atoms with Gasteiger partial charge in [-0.1, -0.05) is 17.7 Å². The van der Waals surface area contributed by atoms with Gasteiger partial charge in [-0.15, -0.1) is 0 Å². The molecule has 1 fully saturated rings. The van der Waals surface area contributed by atoms with E-state index in [4.69, 9.17) is 4.74 Å². The van der Waals surface area contributed by atoms with E-state index in [1.807, 2.05) is 6.07 Å². The van der Waals surface area contributed by atoms with Crippen LogP contribution in [0.4, 0.5) is 0 Å². The van der Waals surface area contributed by atoms with Gasteiger partial charge in [0.05, 0.1) is 0 Å². The number of benzene rings is 1. The molecule has 78 valence electrons. The molecule has 0 amide bonds. The van der Waals surface area contributed by atoms with Gasteiger partial charge in [-0.3, -0.25) is 0 Å². The highest BCUT2D eigenvalue weighted by Crippen LogP contribution is 2.21. The van der Waals surface area contributed by atoms with Crippen molar-refractivity contribution in [2.75, 3.05) is 13.1 Å². The Morgan fingerprint density at radius 1 is 1.40 bits per heavy atom. The number of hydrogen-bond acceptors (Lipinski definition) is 3. The van der Waals surface area contributed by atoms with Crippen LogP contribution in [-0.4, -0.2) is 31.1 Å². The molecule has 0 aromatic heterocycles. The van der Waals surface area contributed by atoms with E-state index < -0.39 is 0 Å². The van der Waals surface area contributed by atoms with Crippen LogP contribution in [0, 0.1) is 6.92 Å². The fourth-order valence-electron chi connectivity index (χ4n) is 2.14. The van der Waals surface area contributed by atoms with Crippen molar-refractivity contribution in [1.29, 1.82) is 0 Å². The molecule has 0 radical (unpaired) electrons. The minimum absolute atomic E-state index is 0.250. The third-order valence-corrected chi connectivity index (χ3v) is 2.94. The Kier molecular flexibility index (Phi) is 1.99. The van der Waals surface area contributed by atoms with Crippen LogP contribution in [0.2, 0.25) is 0 Å². The molecule has 0 aliphatic carbocycles. The van der Waals surface area contributed by atoms with Gasteiger partial charge in [0, 0.05) is 18.7 Å². The van der Waals surface area contributed by atoms with E-state index in [2.05, 4.69) is 35.4 Å². The van der Waals surface area contributed by atoms with Crippen molar-refractivity contribution in [3.63, 3.8) is 0 Å². The number of ether oxygens (including phenoxy) is 1. The van der Waals surface area contributed by atoms with Crippen LogP contribution in [0.3, 0.4) is 0 Å². The van der Waals surface area contributed by atoms with Gasteiger partial charge in [0.15, 0.2) is 0 Å². The van der Waals surface area contributed by atoms with Crippen molar-refractivity contribution in [2.45, 2.75) is 19.1 Å². The zero-order valence-electron chi connectivity index (χ0n) is 8.73. The van der Waals surface area contributed by atoms with Crippen LogP contribution >= 0.6 is 0 Å². The van der Waals surface area contributed by atoms with Gasteiger partial charge in [0.2, 0.25) is 5.90 Å². The number of fused-ring (bicyclic) bond motifs is 1. The summed E-state index contributed by atoms with van der Waals surface area (Å²) in [7, 11) is 0. The second-order valence-electron chi connectivity index (χ2n) is 4.19. The Morgan fingerprint density at radius 2 is 2.33 bits per heavy atom. The van der Waals surface area contributed by atoms with E-state index in [1.54, 1.807) is 0 Å². The number of aliphatic imine (C=N–C) groups is 1. The molecule has 0 bridgehead atoms. The summed E-state index contributed by atoms with van der Waals surface area (Å²) in [6.07, 6.45) is 0.250. The summed E-state index contributed by atoms with van der Waals surface area (Å²) in [6.45, 7) is 3.95. The van der Waals surface area contributed by atoms with E-state index in [0.29, 0.717) is 6.04 Å². The summed E-state index contributed by atoms with van der Waals surface area (Å²) in [4.78, 5) is 4.59. The standard InChI is InChI=1S/C12H14N2O/c1-8-3-2-4-9(5-8)12-14-10-6-13-7-11(10)15-12/h2-5,10-11,13H,6-7H2,1H3. The van der Waals surface area contributed by atoms with Gasteiger partial charge in [-0.25, -0.2) is 4.99 Å². The number of nitrogens with zero attached hydrogens (tertiary/aromatic N) is 1. The average molecular weight is 202 g/mol. The van der Waals surface area contributed by atoms with Gasteiger partial charge in [-0.05, 0) is 19.1 Å². The van der Waals surface area contributed by atoms with E-state index >= 15 is 0 Å². The molecule has 2 unspecified atom stereocenters. The highest BCUT2D eigenvalue weighted by molar-refractivity contribution is 5.95. The van der Waals surface area contributed by atoms with Crippen LogP contribution in [0.1, 0.15) is 11.1 Å². The van der Waals surface area contributed by atoms with Crippen LogP contribution in [0.25, 0.3) is 0 Å². The molecule has 2 aliphatic heterocycles. The lowest BCUT2D eigenvalue weighted by atomic mass is 10.1. The first-order valence-electron chi connectivity index (χ1n) is 5.35. The molecule has 2 atom stereocenters. The van der Waals surface area contributed by atoms with Gasteiger partial charge >= 0.3 is 0 Å². The predicted octanol–water partition coefficient (Wildman–Crippen LogP) is 1.11. The number of nitrogens with one attached hydrogen (secondary N) is 1. The number of aryl methyl sites for hydroxylation is 1. The molecule has 1 aromatic carbocycles. The quantitative estimate of drug-likeness (QED) is 0.740. The van der Waals surface area contributed by atoms with Gasteiger partial charge in [-0.2, -0.15) is 0 Å². The van der Waals surface area contributed by atoms with Crippen molar-refractivity contribution in [3.8, 4) is 0 Å². The van der Waals surface area contributed by atoms with Crippen molar-refractivity contribution in [2.24, 2.45) is 4.99 Å². The minimum Gasteiger partial charge on any atom is -0.470 e. The lowest BCUT2D eigenvalue weighted by molar-refractivity contribution is 0.225. The van der Waals surface area contributed by atoms with E-state index in [0.717, 1.165) is 24.6 Å². The molecule has 2 heterocycles. The summed E-state index contributed by atoms with van der Waals surface area (Å²) >= 11 is 0. The van der Waals surface area contributed by atoms with Crippen molar-refractivity contribution >= 4 is 5.90 Å². The first-order chi connectivity index (χ1) is 7.33. The maximum atomic E-state index is 5.81. The first kappa shape index (κ1) is 8.92. The molecule has 3 heteroatoms. The second-order valence-corrected chi connectivity index (χ2v) is 4.19. The zero-order chi connectivity index (χ0) is 10.3. The largest absolute Gasteiger partial charge is 0.470 e. The Labute approximate surface area is 89.2 Å². The molecule has 3 nitrogen and oxygen atoms in total. The maximum Gasteiger partial charge on any atom is 0.216 e. The van der Waals surface area contributed by atoms with Crippen LogP contribution in [0.5, 0.6) is 0 Å². The van der Waals surface area contributed by atoms with Crippen molar-refractivity contribution in [1.82, 2.24) is 5.32 Å². The summed E-state index contributed by atoms with van der Waals surface area (Å²) in [5.74, 6) is 0.815. The Balaban J connectivity index is 1.90. The zero-order valence-corrected chi connectivity index (χ0v) is 8.73. The van der Waals surface area contributed by atoms with E-state index in [1.165, 1.54) is 5.56 Å². The molecular formula is C12H14N2O. The Bertz CT molecular complexity index is 414. The molecule has 15 heavy (non-hydrogen) atoms. The van der Waals surface area contributed by atoms with Crippen LogP contribution in [0.15, 0.2) is 29.3 Å². The molecule has 3 rings (SSSR count). The molecular weight excluding hydrogens is 188 g/mol. The molecule has 0 spiro atoms. The predicted molar refractivity (Wildman–Crippen MR) is 59.2 cm³/mol. The molecule has 1 aromatic rings. The van der Waals surface area contributed by atoms with E-state index in [9.17, 15) is 0 Å². The summed E-state index contributed by atoms with van der Waals surface area (Å²) in [5, 5.41) is 3.28. The Hall–Kier alpha value is -1.35. The lowest BCUT2D eigenvalue weighted by Gasteiger charge is -2.08. The highest BCUT2D eigenvalue weighted by Gasteiger charge is 2.35. The summed E-state index contributed by atoms with van der Waals surface area (Å²) in [6, 6.07) is 8.62. The van der Waals surface area contributed by atoms with Crippen LogP contribution < -0.4 is 5.32 Å². The summed E-state index contributed by atoms with van der Waals surface area (Å²) < 4.78 is 5.81. The lowest BCUT2D eigenvalue weighted by Crippen LogP contribution is -2.20. The smallest absolute Gasteiger partial charge is 0.216 e. The molecule has 1 saturated heterocycles. The Morgan fingerprint density at radius 3 is 3.13 bits per heavy atom. The SMILES string of the molecule is Cc1cccc(C2=NC3CNCC3O2)c1. The topological polar surface area (TPSA) is 33.6 Å². The second kappa shape index (κ2) is 3.35. The third kappa shape index (κ3) is 1.53. The van der Waals surface area contributed by atoms with Gasteiger partial charge in [0.1, 0.15) is 12.1 Å². The van der Waals surface area contributed by atoms with E-state index in [-0.39, 0.29) is 6.10 Å². The van der Waals surface area contributed by atoms with Crippen molar-refractivity contribution in [3.05, 3.63) is 35.4 Å². The fourth-order valence-corrected chi connectivity index (χ4v) is 2.14. The van der Waals surface area contributed by atoms with Crippen LogP contribution in [-0.2, 0) is 4.74 Å². The van der Waals surface area contributed by atoms with Gasteiger partial charge < -0.3 is 10.1 Å². The summed E-state index contributed by atoms with van der Waals surface area (Å²) in [5.41, 5.74) is 2.35. The average Bonchev–Trinajstić information content (AvgIpc) is 2.76. The molecule has 0 saturated carbocycles. The first-order valence-corrected chi connectivity index (χ1v) is 5.35. The third-order valence-electron chi connectivity index (χ3n) is 2.94. The number of hydrogen-bond donors (Lipinski definition) is 1. The molecule has 2 aliphatic rings. The maximum absolute atomic E-state index is 5.81. The molecule has 1 N–H and O–H groups in total. The fraction of sp³-hybridized carbons (Fsp3) is 0.417. The normalized spacial score (nSPS) is 28.5.